The molecule has 26 heavy (non-hydrogen) atoms. The third-order valence-electron chi connectivity index (χ3n) is 3.20. The van der Waals surface area contributed by atoms with Crippen LogP contribution in [0.5, 0.6) is 0 Å². The normalized spacial score (nSPS) is 10.7. The van der Waals surface area contributed by atoms with Crippen LogP contribution in [0, 0.1) is 17.7 Å². The molecule has 1 amide bonds. The smallest absolute Gasteiger partial charge is 0.246 e. The SMILES string of the molecule is NS(=O)(=O)c1ccc(C#CCNC(=O)COCc2ccc(F)cc2)cc1. The molecule has 0 aromatic heterocycles. The van der Waals surface area contributed by atoms with Gasteiger partial charge in [0, 0.05) is 5.56 Å². The Labute approximate surface area is 151 Å². The van der Waals surface area contributed by atoms with E-state index in [2.05, 4.69) is 17.2 Å². The summed E-state index contributed by atoms with van der Waals surface area (Å²) in [5.74, 6) is 4.88. The average Bonchev–Trinajstić information content (AvgIpc) is 2.60. The summed E-state index contributed by atoms with van der Waals surface area (Å²) in [7, 11) is -3.72. The Hall–Kier alpha value is -2.73. The molecule has 0 bridgehead atoms. The van der Waals surface area contributed by atoms with Crippen LogP contribution in [0.4, 0.5) is 4.39 Å². The highest BCUT2D eigenvalue weighted by Gasteiger charge is 2.05. The zero-order valence-corrected chi connectivity index (χ0v) is 14.6. The Morgan fingerprint density at radius 3 is 2.38 bits per heavy atom. The first-order valence-corrected chi connectivity index (χ1v) is 9.10. The summed E-state index contributed by atoms with van der Waals surface area (Å²) >= 11 is 0. The molecule has 0 aliphatic carbocycles. The molecule has 0 saturated carbocycles. The third-order valence-corrected chi connectivity index (χ3v) is 4.13. The predicted molar refractivity (Wildman–Crippen MR) is 93.8 cm³/mol. The molecule has 0 fully saturated rings. The van der Waals surface area contributed by atoms with Gasteiger partial charge in [0.25, 0.3) is 0 Å². The van der Waals surface area contributed by atoms with Crippen molar-refractivity contribution in [1.29, 1.82) is 0 Å². The summed E-state index contributed by atoms with van der Waals surface area (Å²) in [6.07, 6.45) is 0. The molecule has 6 nitrogen and oxygen atoms in total. The van der Waals surface area contributed by atoms with Crippen molar-refractivity contribution in [3.05, 3.63) is 65.5 Å². The number of halogens is 1. The van der Waals surface area contributed by atoms with Gasteiger partial charge >= 0.3 is 0 Å². The van der Waals surface area contributed by atoms with Gasteiger partial charge in [-0.3, -0.25) is 4.79 Å². The lowest BCUT2D eigenvalue weighted by Crippen LogP contribution is -2.27. The van der Waals surface area contributed by atoms with Crippen molar-refractivity contribution in [2.45, 2.75) is 11.5 Å². The van der Waals surface area contributed by atoms with Gasteiger partial charge in [0.1, 0.15) is 12.4 Å². The van der Waals surface area contributed by atoms with Gasteiger partial charge in [-0.2, -0.15) is 0 Å². The first-order chi connectivity index (χ1) is 12.3. The molecule has 136 valence electrons. The Kier molecular flexibility index (Phi) is 6.86. The summed E-state index contributed by atoms with van der Waals surface area (Å²) in [4.78, 5) is 11.6. The van der Waals surface area contributed by atoms with E-state index in [0.29, 0.717) is 5.56 Å². The van der Waals surface area contributed by atoms with E-state index < -0.39 is 10.0 Å². The Morgan fingerprint density at radius 2 is 1.77 bits per heavy atom. The van der Waals surface area contributed by atoms with Crippen molar-refractivity contribution in [2.75, 3.05) is 13.2 Å². The molecule has 8 heteroatoms. The number of benzene rings is 2. The number of carbonyl (C=O) groups excluding carboxylic acids is 1. The van der Waals surface area contributed by atoms with E-state index in [-0.39, 0.29) is 36.4 Å². The highest BCUT2D eigenvalue weighted by molar-refractivity contribution is 7.89. The van der Waals surface area contributed by atoms with Gasteiger partial charge in [0.2, 0.25) is 15.9 Å². The molecule has 0 saturated heterocycles. The molecule has 2 aromatic rings. The largest absolute Gasteiger partial charge is 0.367 e. The molecular formula is C18H17FN2O4S. The highest BCUT2D eigenvalue weighted by atomic mass is 32.2. The molecule has 2 rings (SSSR count). The minimum atomic E-state index is -3.72. The molecule has 0 heterocycles. The molecule has 0 aliphatic heterocycles. The zero-order valence-electron chi connectivity index (χ0n) is 13.7. The lowest BCUT2D eigenvalue weighted by atomic mass is 10.2. The molecule has 0 radical (unpaired) electrons. The molecule has 0 aliphatic rings. The first kappa shape index (κ1) is 19.6. The van der Waals surface area contributed by atoms with E-state index in [4.69, 9.17) is 9.88 Å². The maximum Gasteiger partial charge on any atom is 0.246 e. The third kappa shape index (κ3) is 6.64. The number of rotatable bonds is 6. The van der Waals surface area contributed by atoms with Crippen molar-refractivity contribution >= 4 is 15.9 Å². The van der Waals surface area contributed by atoms with Crippen molar-refractivity contribution in [1.82, 2.24) is 5.32 Å². The second kappa shape index (κ2) is 9.10. The van der Waals surface area contributed by atoms with Crippen LogP contribution in [0.25, 0.3) is 0 Å². The summed E-state index contributed by atoms with van der Waals surface area (Å²) < 4.78 is 40.3. The van der Waals surface area contributed by atoms with Gasteiger partial charge in [-0.15, -0.1) is 0 Å². The highest BCUT2D eigenvalue weighted by Crippen LogP contribution is 2.07. The minimum Gasteiger partial charge on any atom is -0.367 e. The second-order valence-corrected chi connectivity index (χ2v) is 6.83. The standard InChI is InChI=1S/C18H17FN2O4S/c19-16-7-3-15(4-8-16)12-25-13-18(22)21-11-1-2-14-5-9-17(10-6-14)26(20,23)24/h3-10H,11-13H2,(H,21,22)(H2,20,23,24). The Balaban J connectivity index is 1.71. The number of hydrogen-bond acceptors (Lipinski definition) is 4. The molecule has 0 unspecified atom stereocenters. The summed E-state index contributed by atoms with van der Waals surface area (Å²) in [6, 6.07) is 11.6. The molecule has 0 atom stereocenters. The van der Waals surface area contributed by atoms with E-state index >= 15 is 0 Å². The number of nitrogens with one attached hydrogen (secondary N) is 1. The van der Waals surface area contributed by atoms with Crippen LogP contribution < -0.4 is 10.5 Å². The monoisotopic (exact) mass is 376 g/mol. The van der Waals surface area contributed by atoms with E-state index in [1.165, 1.54) is 36.4 Å². The number of hydrogen-bond donors (Lipinski definition) is 2. The van der Waals surface area contributed by atoms with E-state index in [0.717, 1.165) is 5.56 Å². The lowest BCUT2D eigenvalue weighted by molar-refractivity contribution is -0.125. The van der Waals surface area contributed by atoms with Crippen LogP contribution in [0.2, 0.25) is 0 Å². The number of carbonyl (C=O) groups is 1. The van der Waals surface area contributed by atoms with Crippen molar-refractivity contribution in [3.8, 4) is 11.8 Å². The number of primary sulfonamides is 1. The first-order valence-electron chi connectivity index (χ1n) is 7.55. The average molecular weight is 376 g/mol. The topological polar surface area (TPSA) is 98.5 Å². The van der Waals surface area contributed by atoms with Crippen LogP contribution in [-0.2, 0) is 26.2 Å². The van der Waals surface area contributed by atoms with Gasteiger partial charge in [0.15, 0.2) is 0 Å². The fourth-order valence-corrected chi connectivity index (χ4v) is 2.43. The Morgan fingerprint density at radius 1 is 1.12 bits per heavy atom. The second-order valence-electron chi connectivity index (χ2n) is 5.27. The van der Waals surface area contributed by atoms with Gasteiger partial charge in [-0.25, -0.2) is 17.9 Å². The van der Waals surface area contributed by atoms with Gasteiger partial charge in [-0.05, 0) is 42.0 Å². The maximum absolute atomic E-state index is 12.8. The molecular weight excluding hydrogens is 359 g/mol. The minimum absolute atomic E-state index is 0.00894. The van der Waals surface area contributed by atoms with E-state index in [1.54, 1.807) is 12.1 Å². The number of sulfonamides is 1. The van der Waals surface area contributed by atoms with Crippen LogP contribution in [-0.4, -0.2) is 27.5 Å². The van der Waals surface area contributed by atoms with Crippen LogP contribution >= 0.6 is 0 Å². The molecule has 3 N–H and O–H groups in total. The number of ether oxygens (including phenoxy) is 1. The summed E-state index contributed by atoms with van der Waals surface area (Å²) in [5.41, 5.74) is 1.36. The van der Waals surface area contributed by atoms with Crippen LogP contribution in [0.3, 0.4) is 0 Å². The lowest BCUT2D eigenvalue weighted by Gasteiger charge is -2.04. The fraction of sp³-hybridized carbons (Fsp3) is 0.167. The van der Waals surface area contributed by atoms with Gasteiger partial charge < -0.3 is 10.1 Å². The van der Waals surface area contributed by atoms with Crippen molar-refractivity contribution in [3.63, 3.8) is 0 Å². The van der Waals surface area contributed by atoms with Gasteiger partial charge in [0.05, 0.1) is 18.0 Å². The Bertz CT molecular complexity index is 914. The summed E-state index contributed by atoms with van der Waals surface area (Å²) in [5, 5.41) is 7.58. The molecule has 0 spiro atoms. The quantitative estimate of drug-likeness (QED) is 0.739. The zero-order chi connectivity index (χ0) is 19.0. The fourth-order valence-electron chi connectivity index (χ4n) is 1.91. The van der Waals surface area contributed by atoms with E-state index in [9.17, 15) is 17.6 Å². The predicted octanol–water partition coefficient (Wildman–Crippen LogP) is 1.16. The van der Waals surface area contributed by atoms with Gasteiger partial charge in [-0.1, -0.05) is 24.0 Å². The van der Waals surface area contributed by atoms with Crippen molar-refractivity contribution < 1.29 is 22.3 Å². The van der Waals surface area contributed by atoms with E-state index in [1.807, 2.05) is 0 Å². The number of nitrogens with two attached hydrogens (primary N) is 1. The van der Waals surface area contributed by atoms with Crippen LogP contribution in [0.1, 0.15) is 11.1 Å². The summed E-state index contributed by atoms with van der Waals surface area (Å²) in [6.45, 7) is 0.188. The maximum atomic E-state index is 12.8. The van der Waals surface area contributed by atoms with Crippen LogP contribution in [0.15, 0.2) is 53.4 Å². The number of amides is 1. The molecule has 2 aromatic carbocycles. The van der Waals surface area contributed by atoms with Crippen molar-refractivity contribution in [2.24, 2.45) is 5.14 Å².